The Kier molecular flexibility index (Phi) is 3.02. The monoisotopic (exact) mass is 281 g/mol. The second kappa shape index (κ2) is 4.74. The molecule has 1 atom stereocenters. The lowest BCUT2D eigenvalue weighted by atomic mass is 9.83. The van der Waals surface area contributed by atoms with Crippen molar-refractivity contribution in [1.29, 1.82) is 5.26 Å². The summed E-state index contributed by atoms with van der Waals surface area (Å²) in [4.78, 5) is 16.6. The molecular weight excluding hydrogens is 266 g/mol. The van der Waals surface area contributed by atoms with Gasteiger partial charge in [-0.2, -0.15) is 5.26 Å². The second-order valence-corrected chi connectivity index (χ2v) is 5.20. The van der Waals surface area contributed by atoms with Crippen LogP contribution in [0.25, 0.3) is 0 Å². The molecule has 0 N–H and O–H groups in total. The molecule has 1 aromatic heterocycles. The fourth-order valence-electron chi connectivity index (χ4n) is 3.18. The van der Waals surface area contributed by atoms with E-state index in [0.29, 0.717) is 17.7 Å². The molecule has 1 unspecified atom stereocenters. The molecule has 3 rings (SSSR count). The number of nitrogens with zero attached hydrogens (tertiary/aromatic N) is 3. The molecule has 1 aromatic carbocycles. The molecule has 0 saturated heterocycles. The Labute approximate surface area is 122 Å². The molecule has 0 fully saturated rings. The Bertz CT molecular complexity index is 757. The maximum Gasteiger partial charge on any atom is 0.160 e. The number of nitriles is 1. The number of ether oxygens (including phenoxy) is 1. The van der Waals surface area contributed by atoms with Gasteiger partial charge in [-0.05, 0) is 31.9 Å². The van der Waals surface area contributed by atoms with Gasteiger partial charge in [-0.25, -0.2) is 4.98 Å². The molecule has 0 amide bonds. The Hall–Kier alpha value is -2.61. The van der Waals surface area contributed by atoms with Gasteiger partial charge in [0.2, 0.25) is 0 Å². The number of carbonyl (C=O) groups excluding carboxylic acids is 1. The number of imidazole rings is 1. The van der Waals surface area contributed by atoms with Gasteiger partial charge in [0.25, 0.3) is 0 Å². The van der Waals surface area contributed by atoms with E-state index < -0.39 is 5.54 Å². The number of fused-ring (bicyclic) bond motifs is 1. The lowest BCUT2D eigenvalue weighted by Gasteiger charge is -2.30. The summed E-state index contributed by atoms with van der Waals surface area (Å²) in [6.07, 6.45) is 4.97. The molecule has 21 heavy (non-hydrogen) atoms. The lowest BCUT2D eigenvalue weighted by molar-refractivity contribution is -0.123. The number of rotatable bonds is 3. The number of benzene rings is 1. The average molecular weight is 281 g/mol. The first-order valence-corrected chi connectivity index (χ1v) is 6.75. The third kappa shape index (κ3) is 1.76. The van der Waals surface area contributed by atoms with Crippen LogP contribution >= 0.6 is 0 Å². The van der Waals surface area contributed by atoms with Gasteiger partial charge < -0.3 is 9.30 Å². The van der Waals surface area contributed by atoms with Gasteiger partial charge in [-0.1, -0.05) is 6.07 Å². The third-order valence-electron chi connectivity index (χ3n) is 4.23. The van der Waals surface area contributed by atoms with Gasteiger partial charge in [-0.3, -0.25) is 4.79 Å². The SMILES string of the molecule is COc1cc(C#N)ccc1C1(C(C)=O)CCc2cncn21. The smallest absolute Gasteiger partial charge is 0.160 e. The predicted octanol–water partition coefficient (Wildman–Crippen LogP) is 2.04. The first-order chi connectivity index (χ1) is 10.1. The molecule has 1 aliphatic rings. The van der Waals surface area contributed by atoms with E-state index in [0.717, 1.165) is 17.7 Å². The van der Waals surface area contributed by atoms with Gasteiger partial charge in [0.15, 0.2) is 5.78 Å². The van der Waals surface area contributed by atoms with E-state index in [9.17, 15) is 4.79 Å². The van der Waals surface area contributed by atoms with Gasteiger partial charge in [-0.15, -0.1) is 0 Å². The molecule has 0 spiro atoms. The summed E-state index contributed by atoms with van der Waals surface area (Å²) in [5, 5.41) is 9.02. The Morgan fingerprint density at radius 1 is 1.52 bits per heavy atom. The number of ketones is 1. The Morgan fingerprint density at radius 3 is 3.00 bits per heavy atom. The van der Waals surface area contributed by atoms with Crippen LogP contribution in [-0.4, -0.2) is 22.4 Å². The molecule has 0 saturated carbocycles. The van der Waals surface area contributed by atoms with E-state index in [4.69, 9.17) is 10.00 Å². The van der Waals surface area contributed by atoms with Crippen molar-refractivity contribution in [2.45, 2.75) is 25.3 Å². The predicted molar refractivity (Wildman–Crippen MR) is 76.0 cm³/mol. The number of aromatic nitrogens is 2. The number of carbonyl (C=O) groups is 1. The van der Waals surface area contributed by atoms with Crippen LogP contribution in [0.15, 0.2) is 30.7 Å². The zero-order chi connectivity index (χ0) is 15.0. The Balaban J connectivity index is 2.26. The minimum Gasteiger partial charge on any atom is -0.496 e. The molecule has 106 valence electrons. The van der Waals surface area contributed by atoms with Crippen LogP contribution in [-0.2, 0) is 16.8 Å². The molecule has 5 heteroatoms. The molecule has 1 aliphatic heterocycles. The van der Waals surface area contributed by atoms with Crippen molar-refractivity contribution < 1.29 is 9.53 Å². The number of hydrogen-bond acceptors (Lipinski definition) is 4. The normalized spacial score (nSPS) is 19.9. The van der Waals surface area contributed by atoms with Crippen molar-refractivity contribution in [2.24, 2.45) is 0 Å². The molecule has 5 nitrogen and oxygen atoms in total. The Morgan fingerprint density at radius 2 is 2.33 bits per heavy atom. The summed E-state index contributed by atoms with van der Waals surface area (Å²) in [6.45, 7) is 1.59. The number of methoxy groups -OCH3 is 1. The number of Topliss-reactive ketones (excluding diaryl/α,β-unsaturated/α-hetero) is 1. The highest BCUT2D eigenvalue weighted by Gasteiger charge is 2.46. The molecule has 0 bridgehead atoms. The van der Waals surface area contributed by atoms with E-state index in [1.807, 2.05) is 10.6 Å². The van der Waals surface area contributed by atoms with Crippen LogP contribution in [0.4, 0.5) is 0 Å². The van der Waals surface area contributed by atoms with Crippen molar-refractivity contribution >= 4 is 5.78 Å². The first-order valence-electron chi connectivity index (χ1n) is 6.75. The third-order valence-corrected chi connectivity index (χ3v) is 4.23. The van der Waals surface area contributed by atoms with Crippen LogP contribution in [0, 0.1) is 11.3 Å². The molecule has 2 heterocycles. The van der Waals surface area contributed by atoms with Gasteiger partial charge >= 0.3 is 0 Å². The van der Waals surface area contributed by atoms with Crippen molar-refractivity contribution in [3.8, 4) is 11.8 Å². The minimum absolute atomic E-state index is 0.0438. The van der Waals surface area contributed by atoms with Crippen LogP contribution in [0.1, 0.15) is 30.2 Å². The highest BCUT2D eigenvalue weighted by atomic mass is 16.5. The van der Waals surface area contributed by atoms with E-state index in [1.165, 1.54) is 0 Å². The largest absolute Gasteiger partial charge is 0.496 e. The van der Waals surface area contributed by atoms with Gasteiger partial charge in [0.1, 0.15) is 11.3 Å². The zero-order valence-electron chi connectivity index (χ0n) is 12.0. The molecule has 0 radical (unpaired) electrons. The average Bonchev–Trinajstić information content (AvgIpc) is 3.08. The highest BCUT2D eigenvalue weighted by molar-refractivity contribution is 5.89. The molecular formula is C16H15N3O2. The lowest BCUT2D eigenvalue weighted by Crippen LogP contribution is -2.39. The summed E-state index contributed by atoms with van der Waals surface area (Å²) in [6, 6.07) is 7.30. The van der Waals surface area contributed by atoms with Crippen LogP contribution in [0.3, 0.4) is 0 Å². The van der Waals surface area contributed by atoms with Crippen LogP contribution in [0.5, 0.6) is 5.75 Å². The fraction of sp³-hybridized carbons (Fsp3) is 0.312. The maximum absolute atomic E-state index is 12.5. The topological polar surface area (TPSA) is 67.9 Å². The summed E-state index contributed by atoms with van der Waals surface area (Å²) >= 11 is 0. The van der Waals surface area contributed by atoms with Crippen molar-refractivity contribution in [1.82, 2.24) is 9.55 Å². The summed E-state index contributed by atoms with van der Waals surface area (Å²) in [5.74, 6) is 0.605. The molecule has 0 aliphatic carbocycles. The maximum atomic E-state index is 12.5. The van der Waals surface area contributed by atoms with Crippen molar-refractivity contribution in [2.75, 3.05) is 7.11 Å². The van der Waals surface area contributed by atoms with Gasteiger partial charge in [0.05, 0.1) is 25.1 Å². The van der Waals surface area contributed by atoms with E-state index in [-0.39, 0.29) is 5.78 Å². The summed E-state index contributed by atoms with van der Waals surface area (Å²) < 4.78 is 7.36. The quantitative estimate of drug-likeness (QED) is 0.863. The fourth-order valence-corrected chi connectivity index (χ4v) is 3.18. The van der Waals surface area contributed by atoms with Crippen molar-refractivity contribution in [3.63, 3.8) is 0 Å². The highest BCUT2D eigenvalue weighted by Crippen LogP contribution is 2.43. The van der Waals surface area contributed by atoms with Crippen molar-refractivity contribution in [3.05, 3.63) is 47.5 Å². The van der Waals surface area contributed by atoms with E-state index in [2.05, 4.69) is 11.1 Å². The summed E-state index contributed by atoms with van der Waals surface area (Å²) in [7, 11) is 1.55. The van der Waals surface area contributed by atoms with Gasteiger partial charge in [0, 0.05) is 17.5 Å². The summed E-state index contributed by atoms with van der Waals surface area (Å²) in [5.41, 5.74) is 1.55. The second-order valence-electron chi connectivity index (χ2n) is 5.20. The number of hydrogen-bond donors (Lipinski definition) is 0. The zero-order valence-corrected chi connectivity index (χ0v) is 12.0. The standard InChI is InChI=1S/C16H15N3O2/c1-11(20)16(6-5-13-9-18-10-19(13)16)14-4-3-12(8-17)7-15(14)21-2/h3-4,7,9-10H,5-6H2,1-2H3. The van der Waals surface area contributed by atoms with Crippen LogP contribution < -0.4 is 4.74 Å². The number of aryl methyl sites for hydroxylation is 1. The van der Waals surface area contributed by atoms with E-state index >= 15 is 0 Å². The van der Waals surface area contributed by atoms with Crippen LogP contribution in [0.2, 0.25) is 0 Å². The minimum atomic E-state index is -0.787. The molecule has 2 aromatic rings. The van der Waals surface area contributed by atoms with E-state index in [1.54, 1.807) is 38.7 Å². The first kappa shape index (κ1) is 13.4.